The summed E-state index contributed by atoms with van der Waals surface area (Å²) in [6, 6.07) is 14.5. The molecule has 0 aliphatic carbocycles. The lowest BCUT2D eigenvalue weighted by Crippen LogP contribution is -2.12. The van der Waals surface area contributed by atoms with Gasteiger partial charge in [0.25, 0.3) is 0 Å². The van der Waals surface area contributed by atoms with Crippen molar-refractivity contribution in [1.29, 1.82) is 0 Å². The van der Waals surface area contributed by atoms with Crippen LogP contribution in [-0.4, -0.2) is 19.2 Å². The van der Waals surface area contributed by atoms with Crippen LogP contribution in [0, 0.1) is 6.92 Å². The number of nitrogen functional groups attached to an aromatic ring is 1. The molecule has 2 rings (SSSR count). The first-order valence-electron chi connectivity index (χ1n) is 6.38. The van der Waals surface area contributed by atoms with Crippen molar-refractivity contribution in [3.8, 4) is 5.75 Å². The molecule has 104 valence electrons. The van der Waals surface area contributed by atoms with Gasteiger partial charge in [0.2, 0.25) is 0 Å². The maximum absolute atomic E-state index is 11.8. The maximum Gasteiger partial charge on any atom is 0.338 e. The van der Waals surface area contributed by atoms with Crippen molar-refractivity contribution in [3.05, 3.63) is 59.7 Å². The predicted octanol–water partition coefficient (Wildman–Crippen LogP) is 2.81. The summed E-state index contributed by atoms with van der Waals surface area (Å²) in [5.74, 6) is 0.358. The third kappa shape index (κ3) is 3.75. The molecule has 20 heavy (non-hydrogen) atoms. The Balaban J connectivity index is 1.79. The quantitative estimate of drug-likeness (QED) is 0.516. The molecule has 4 nitrogen and oxygen atoms in total. The lowest BCUT2D eigenvalue weighted by atomic mass is 10.1. The van der Waals surface area contributed by atoms with E-state index in [-0.39, 0.29) is 6.61 Å². The van der Waals surface area contributed by atoms with Crippen molar-refractivity contribution < 1.29 is 14.3 Å². The van der Waals surface area contributed by atoms with Gasteiger partial charge in [-0.1, -0.05) is 24.3 Å². The lowest BCUT2D eigenvalue weighted by Gasteiger charge is -2.08. The highest BCUT2D eigenvalue weighted by molar-refractivity contribution is 5.90. The molecule has 2 aromatic rings. The summed E-state index contributed by atoms with van der Waals surface area (Å²) in [4.78, 5) is 11.8. The van der Waals surface area contributed by atoms with Gasteiger partial charge in [-0.25, -0.2) is 4.79 Å². The number of rotatable bonds is 5. The molecule has 0 saturated heterocycles. The van der Waals surface area contributed by atoms with E-state index in [1.807, 2.05) is 37.3 Å². The minimum atomic E-state index is -0.395. The van der Waals surface area contributed by atoms with Crippen LogP contribution in [0.2, 0.25) is 0 Å². The van der Waals surface area contributed by atoms with Crippen molar-refractivity contribution in [2.24, 2.45) is 0 Å². The third-order valence-electron chi connectivity index (χ3n) is 2.84. The Morgan fingerprint density at radius 1 is 1.10 bits per heavy atom. The van der Waals surface area contributed by atoms with Gasteiger partial charge in [-0.3, -0.25) is 0 Å². The van der Waals surface area contributed by atoms with E-state index in [0.717, 1.165) is 11.3 Å². The molecule has 4 heteroatoms. The molecule has 0 bridgehead atoms. The minimum Gasteiger partial charge on any atom is -0.490 e. The Labute approximate surface area is 118 Å². The number of hydrogen-bond acceptors (Lipinski definition) is 4. The number of para-hydroxylation sites is 1. The molecule has 0 heterocycles. The van der Waals surface area contributed by atoms with E-state index in [1.165, 1.54) is 0 Å². The second-order valence-corrected chi connectivity index (χ2v) is 4.37. The van der Waals surface area contributed by atoms with Crippen molar-refractivity contribution in [2.75, 3.05) is 18.9 Å². The third-order valence-corrected chi connectivity index (χ3v) is 2.84. The first kappa shape index (κ1) is 13.9. The Morgan fingerprint density at radius 2 is 1.85 bits per heavy atom. The zero-order valence-corrected chi connectivity index (χ0v) is 11.3. The largest absolute Gasteiger partial charge is 0.490 e. The molecule has 0 aliphatic heterocycles. The fraction of sp³-hybridized carbons (Fsp3) is 0.188. The van der Waals surface area contributed by atoms with Crippen LogP contribution in [-0.2, 0) is 4.74 Å². The van der Waals surface area contributed by atoms with Crippen LogP contribution in [0.1, 0.15) is 15.9 Å². The van der Waals surface area contributed by atoms with Crippen LogP contribution in [0.15, 0.2) is 48.5 Å². The Morgan fingerprint density at radius 3 is 2.55 bits per heavy atom. The highest BCUT2D eigenvalue weighted by Gasteiger charge is 2.08. The standard InChI is InChI=1S/C16H17NO3/c1-12-7-8-13(11-15(12)17)16(18)20-10-9-19-14-5-3-2-4-6-14/h2-8,11H,9-10,17H2,1H3. The summed E-state index contributed by atoms with van der Waals surface area (Å²) in [6.45, 7) is 2.40. The second kappa shape index (κ2) is 6.61. The number of hydrogen-bond donors (Lipinski definition) is 1. The van der Waals surface area contributed by atoms with Gasteiger partial charge >= 0.3 is 5.97 Å². The Hall–Kier alpha value is -2.49. The predicted molar refractivity (Wildman–Crippen MR) is 77.8 cm³/mol. The zero-order chi connectivity index (χ0) is 14.4. The summed E-state index contributed by atoms with van der Waals surface area (Å²) in [5, 5.41) is 0. The van der Waals surface area contributed by atoms with Crippen molar-refractivity contribution in [3.63, 3.8) is 0 Å². The van der Waals surface area contributed by atoms with Gasteiger partial charge < -0.3 is 15.2 Å². The number of carbonyl (C=O) groups is 1. The van der Waals surface area contributed by atoms with Crippen molar-refractivity contribution in [2.45, 2.75) is 6.92 Å². The number of carbonyl (C=O) groups excluding carboxylic acids is 1. The van der Waals surface area contributed by atoms with E-state index >= 15 is 0 Å². The first-order chi connectivity index (χ1) is 9.66. The number of aryl methyl sites for hydroxylation is 1. The van der Waals surface area contributed by atoms with E-state index in [4.69, 9.17) is 15.2 Å². The molecule has 0 spiro atoms. The summed E-state index contributed by atoms with van der Waals surface area (Å²) >= 11 is 0. The fourth-order valence-electron chi connectivity index (χ4n) is 1.66. The summed E-state index contributed by atoms with van der Waals surface area (Å²) in [7, 11) is 0. The molecule has 0 saturated carbocycles. The molecule has 0 atom stereocenters. The summed E-state index contributed by atoms with van der Waals surface area (Å²) < 4.78 is 10.6. The fourth-order valence-corrected chi connectivity index (χ4v) is 1.66. The van der Waals surface area contributed by atoms with Crippen LogP contribution in [0.4, 0.5) is 5.69 Å². The van der Waals surface area contributed by atoms with Gasteiger partial charge in [-0.2, -0.15) is 0 Å². The maximum atomic E-state index is 11.8. The van der Waals surface area contributed by atoms with Gasteiger partial charge in [0.1, 0.15) is 19.0 Å². The van der Waals surface area contributed by atoms with E-state index in [1.54, 1.807) is 18.2 Å². The SMILES string of the molecule is Cc1ccc(C(=O)OCCOc2ccccc2)cc1N. The van der Waals surface area contributed by atoms with Crippen LogP contribution in [0.25, 0.3) is 0 Å². The number of esters is 1. The van der Waals surface area contributed by atoms with Gasteiger partial charge in [0, 0.05) is 5.69 Å². The minimum absolute atomic E-state index is 0.196. The van der Waals surface area contributed by atoms with Gasteiger partial charge in [-0.15, -0.1) is 0 Å². The first-order valence-corrected chi connectivity index (χ1v) is 6.38. The topological polar surface area (TPSA) is 61.5 Å². The Bertz CT molecular complexity index is 582. The highest BCUT2D eigenvalue weighted by Crippen LogP contribution is 2.13. The van der Waals surface area contributed by atoms with Gasteiger partial charge in [0.05, 0.1) is 5.56 Å². The zero-order valence-electron chi connectivity index (χ0n) is 11.3. The second-order valence-electron chi connectivity index (χ2n) is 4.37. The molecular weight excluding hydrogens is 254 g/mol. The van der Waals surface area contributed by atoms with Crippen LogP contribution < -0.4 is 10.5 Å². The normalized spacial score (nSPS) is 10.1. The lowest BCUT2D eigenvalue weighted by molar-refractivity contribution is 0.0450. The molecule has 2 N–H and O–H groups in total. The van der Waals surface area contributed by atoms with Crippen LogP contribution in [0.3, 0.4) is 0 Å². The molecule has 0 amide bonds. The average Bonchev–Trinajstić information content (AvgIpc) is 2.47. The number of ether oxygens (including phenoxy) is 2. The number of benzene rings is 2. The molecule has 0 radical (unpaired) electrons. The molecule has 0 unspecified atom stereocenters. The van der Waals surface area contributed by atoms with Crippen molar-refractivity contribution in [1.82, 2.24) is 0 Å². The molecule has 0 aliphatic rings. The number of anilines is 1. The van der Waals surface area contributed by atoms with E-state index in [2.05, 4.69) is 0 Å². The molecule has 0 fully saturated rings. The summed E-state index contributed by atoms with van der Waals surface area (Å²) in [5.41, 5.74) is 7.73. The van der Waals surface area contributed by atoms with E-state index in [9.17, 15) is 4.79 Å². The van der Waals surface area contributed by atoms with Gasteiger partial charge in [-0.05, 0) is 36.8 Å². The van der Waals surface area contributed by atoms with Crippen molar-refractivity contribution >= 4 is 11.7 Å². The molecular formula is C16H17NO3. The van der Waals surface area contributed by atoms with Gasteiger partial charge in [0.15, 0.2) is 0 Å². The number of nitrogens with two attached hydrogens (primary N) is 1. The van der Waals surface area contributed by atoms with Crippen LogP contribution in [0.5, 0.6) is 5.75 Å². The molecule has 0 aromatic heterocycles. The van der Waals surface area contributed by atoms with Crippen LogP contribution >= 0.6 is 0 Å². The Kier molecular flexibility index (Phi) is 4.60. The van der Waals surface area contributed by atoms with E-state index < -0.39 is 5.97 Å². The smallest absolute Gasteiger partial charge is 0.338 e. The van der Waals surface area contributed by atoms with E-state index in [0.29, 0.717) is 17.9 Å². The monoisotopic (exact) mass is 271 g/mol. The average molecular weight is 271 g/mol. The molecule has 2 aromatic carbocycles. The highest BCUT2D eigenvalue weighted by atomic mass is 16.6. The summed E-state index contributed by atoms with van der Waals surface area (Å²) in [6.07, 6.45) is 0.